The molecule has 3 aromatic carbocycles. The summed E-state index contributed by atoms with van der Waals surface area (Å²) in [5.74, 6) is -2.10. The number of amides is 1. The zero-order valence-electron chi connectivity index (χ0n) is 15.6. The van der Waals surface area contributed by atoms with Crippen LogP contribution in [0.3, 0.4) is 0 Å². The molecule has 0 bridgehead atoms. The summed E-state index contributed by atoms with van der Waals surface area (Å²) in [5.41, 5.74) is 9.00. The van der Waals surface area contributed by atoms with Crippen molar-refractivity contribution in [1.82, 2.24) is 0 Å². The van der Waals surface area contributed by atoms with Crippen molar-refractivity contribution in [3.8, 4) is 16.9 Å². The number of hydrogen-bond donors (Lipinski definition) is 2. The van der Waals surface area contributed by atoms with Crippen LogP contribution in [0.25, 0.3) is 11.1 Å². The van der Waals surface area contributed by atoms with Gasteiger partial charge in [-0.15, -0.1) is 0 Å². The summed E-state index contributed by atoms with van der Waals surface area (Å²) >= 11 is 0. The average Bonchev–Trinajstić information content (AvgIpc) is 2.67. The van der Waals surface area contributed by atoms with Crippen molar-refractivity contribution >= 4 is 11.9 Å². The number of nitrogens with two attached hydrogens (primary N) is 1. The van der Waals surface area contributed by atoms with Crippen molar-refractivity contribution < 1.29 is 23.8 Å². The third-order valence-corrected chi connectivity index (χ3v) is 4.34. The Kier molecular flexibility index (Phi) is 6.24. The molecule has 6 heteroatoms. The van der Waals surface area contributed by atoms with Crippen LogP contribution in [0.15, 0.2) is 66.7 Å². The van der Waals surface area contributed by atoms with E-state index >= 15 is 0 Å². The number of primary amides is 1. The van der Waals surface area contributed by atoms with Gasteiger partial charge >= 0.3 is 5.97 Å². The van der Waals surface area contributed by atoms with Crippen LogP contribution in [-0.4, -0.2) is 17.0 Å². The van der Waals surface area contributed by atoms with Crippen LogP contribution >= 0.6 is 0 Å². The number of carbonyl (C=O) groups excluding carboxylic acids is 1. The Labute approximate surface area is 167 Å². The predicted octanol–water partition coefficient (Wildman–Crippen LogP) is 3.73. The highest BCUT2D eigenvalue weighted by atomic mass is 19.1. The summed E-state index contributed by atoms with van der Waals surface area (Å²) in [4.78, 5) is 22.1. The molecule has 0 aliphatic carbocycles. The van der Waals surface area contributed by atoms with Crippen molar-refractivity contribution in [2.75, 3.05) is 0 Å². The van der Waals surface area contributed by atoms with Gasteiger partial charge in [0.15, 0.2) is 11.6 Å². The van der Waals surface area contributed by atoms with Gasteiger partial charge in [-0.05, 0) is 34.4 Å². The topological polar surface area (TPSA) is 89.6 Å². The normalized spacial score (nSPS) is 10.5. The van der Waals surface area contributed by atoms with Gasteiger partial charge in [0, 0.05) is 5.56 Å². The summed E-state index contributed by atoms with van der Waals surface area (Å²) in [6.45, 7) is 0.0857. The van der Waals surface area contributed by atoms with Crippen LogP contribution in [0.4, 0.5) is 4.39 Å². The molecule has 5 nitrogen and oxygen atoms in total. The summed E-state index contributed by atoms with van der Waals surface area (Å²) in [5, 5.41) is 9.00. The van der Waals surface area contributed by atoms with Gasteiger partial charge in [-0.3, -0.25) is 9.59 Å². The Morgan fingerprint density at radius 1 is 0.897 bits per heavy atom. The highest BCUT2D eigenvalue weighted by Crippen LogP contribution is 2.26. The molecule has 3 aromatic rings. The van der Waals surface area contributed by atoms with Gasteiger partial charge in [-0.25, -0.2) is 4.39 Å². The average molecular weight is 393 g/mol. The number of ether oxygens (including phenoxy) is 1. The van der Waals surface area contributed by atoms with Gasteiger partial charge in [0.25, 0.3) is 0 Å². The first-order valence-corrected chi connectivity index (χ1v) is 9.01. The van der Waals surface area contributed by atoms with Gasteiger partial charge < -0.3 is 15.6 Å². The molecule has 0 unspecified atom stereocenters. The maximum absolute atomic E-state index is 14.1. The molecule has 0 aromatic heterocycles. The number of halogens is 1. The molecule has 0 aliphatic rings. The lowest BCUT2D eigenvalue weighted by atomic mass is 10.00. The minimum Gasteiger partial charge on any atom is -0.486 e. The lowest BCUT2D eigenvalue weighted by Gasteiger charge is -2.12. The van der Waals surface area contributed by atoms with E-state index in [4.69, 9.17) is 15.6 Å². The second kappa shape index (κ2) is 9.01. The van der Waals surface area contributed by atoms with Crippen molar-refractivity contribution in [2.24, 2.45) is 5.73 Å². The van der Waals surface area contributed by atoms with E-state index in [-0.39, 0.29) is 30.8 Å². The van der Waals surface area contributed by atoms with Crippen molar-refractivity contribution in [3.05, 3.63) is 89.2 Å². The zero-order valence-corrected chi connectivity index (χ0v) is 15.6. The van der Waals surface area contributed by atoms with Crippen molar-refractivity contribution in [3.63, 3.8) is 0 Å². The zero-order chi connectivity index (χ0) is 20.8. The number of hydrogen-bond acceptors (Lipinski definition) is 3. The van der Waals surface area contributed by atoms with E-state index in [1.54, 1.807) is 0 Å². The van der Waals surface area contributed by atoms with Crippen LogP contribution in [0, 0.1) is 5.82 Å². The minimum absolute atomic E-state index is 0.0521. The van der Waals surface area contributed by atoms with Crippen molar-refractivity contribution in [2.45, 2.75) is 19.4 Å². The van der Waals surface area contributed by atoms with Crippen LogP contribution in [0.1, 0.15) is 16.7 Å². The molecule has 29 heavy (non-hydrogen) atoms. The van der Waals surface area contributed by atoms with Crippen LogP contribution in [0.2, 0.25) is 0 Å². The molecule has 0 spiro atoms. The van der Waals surface area contributed by atoms with Crippen LogP contribution in [-0.2, 0) is 29.0 Å². The van der Waals surface area contributed by atoms with Crippen LogP contribution in [0.5, 0.6) is 5.75 Å². The number of rotatable bonds is 8. The molecule has 0 atom stereocenters. The second-order valence-corrected chi connectivity index (χ2v) is 6.63. The largest absolute Gasteiger partial charge is 0.486 e. The fraction of sp³-hybridized carbons (Fsp3) is 0.130. The Hall–Kier alpha value is -3.67. The molecule has 0 aliphatic heterocycles. The van der Waals surface area contributed by atoms with E-state index < -0.39 is 17.7 Å². The van der Waals surface area contributed by atoms with Gasteiger partial charge in [0.1, 0.15) is 6.61 Å². The Bertz CT molecular complexity index is 1050. The fourth-order valence-corrected chi connectivity index (χ4v) is 3.08. The van der Waals surface area contributed by atoms with E-state index in [2.05, 4.69) is 0 Å². The number of carbonyl (C=O) groups is 2. The summed E-state index contributed by atoms with van der Waals surface area (Å²) in [6.07, 6.45) is -0.157. The molecule has 3 N–H and O–H groups in total. The van der Waals surface area contributed by atoms with Gasteiger partial charge in [0.2, 0.25) is 5.91 Å². The Morgan fingerprint density at radius 3 is 2.17 bits per heavy atom. The first kappa shape index (κ1) is 20.1. The third-order valence-electron chi connectivity index (χ3n) is 4.34. The molecular formula is C23H20FNO4. The molecule has 0 fully saturated rings. The molecule has 1 amide bonds. The van der Waals surface area contributed by atoms with Gasteiger partial charge in [0.05, 0.1) is 12.8 Å². The summed E-state index contributed by atoms with van der Waals surface area (Å²) in [6, 6.07) is 19.3. The quantitative estimate of drug-likeness (QED) is 0.610. The number of aliphatic carboxylic acids is 1. The lowest BCUT2D eigenvalue weighted by Crippen LogP contribution is -2.13. The first-order chi connectivity index (χ1) is 13.9. The minimum atomic E-state index is -1.06. The highest BCUT2D eigenvalue weighted by Gasteiger charge is 2.13. The molecular weight excluding hydrogens is 373 g/mol. The number of para-hydroxylation sites is 1. The second-order valence-electron chi connectivity index (χ2n) is 6.63. The lowest BCUT2D eigenvalue weighted by molar-refractivity contribution is -0.136. The number of carboxylic acid groups (broad SMARTS) is 1. The SMILES string of the molecule is NC(=O)Cc1cccc(-c2cccc(COc3c(F)cccc3CC(=O)O)c2)c1. The van der Waals surface area contributed by atoms with Gasteiger partial charge in [-0.2, -0.15) is 0 Å². The fourth-order valence-electron chi connectivity index (χ4n) is 3.08. The highest BCUT2D eigenvalue weighted by molar-refractivity contribution is 5.77. The Balaban J connectivity index is 1.80. The maximum Gasteiger partial charge on any atom is 0.307 e. The first-order valence-electron chi connectivity index (χ1n) is 9.01. The Morgan fingerprint density at radius 2 is 1.52 bits per heavy atom. The third kappa shape index (κ3) is 5.42. The van der Waals surface area contributed by atoms with Crippen molar-refractivity contribution in [1.29, 1.82) is 0 Å². The summed E-state index contributed by atoms with van der Waals surface area (Å²) in [7, 11) is 0. The number of carboxylic acids is 1. The molecule has 148 valence electrons. The van der Waals surface area contributed by atoms with E-state index in [1.165, 1.54) is 18.2 Å². The summed E-state index contributed by atoms with van der Waals surface area (Å²) < 4.78 is 19.8. The molecule has 0 heterocycles. The predicted molar refractivity (Wildman–Crippen MR) is 107 cm³/mol. The monoisotopic (exact) mass is 393 g/mol. The molecule has 0 saturated heterocycles. The van der Waals surface area contributed by atoms with E-state index in [9.17, 15) is 14.0 Å². The molecule has 0 radical (unpaired) electrons. The van der Waals surface area contributed by atoms with Gasteiger partial charge in [-0.1, -0.05) is 54.6 Å². The molecule has 3 rings (SSSR count). The molecule has 0 saturated carbocycles. The van der Waals surface area contributed by atoms with Crippen LogP contribution < -0.4 is 10.5 Å². The van der Waals surface area contributed by atoms with E-state index in [0.29, 0.717) is 0 Å². The van der Waals surface area contributed by atoms with E-state index in [0.717, 1.165) is 22.3 Å². The maximum atomic E-state index is 14.1. The number of benzene rings is 3. The van der Waals surface area contributed by atoms with E-state index in [1.807, 2.05) is 48.5 Å². The standard InChI is InChI=1S/C23H20FNO4/c24-20-9-3-8-19(13-22(27)28)23(20)29-14-16-5-2-7-18(11-16)17-6-1-4-15(10-17)12-21(25)26/h1-11H,12-14H2,(H2,25,26)(H,27,28). The smallest absolute Gasteiger partial charge is 0.307 e.